The molecule has 1 aromatic heterocycles. The number of esters is 1. The lowest BCUT2D eigenvalue weighted by molar-refractivity contribution is -0.143. The number of aryl methyl sites for hydroxylation is 2. The minimum Gasteiger partial charge on any atom is -0.466 e. The molecule has 0 aliphatic rings. The Bertz CT molecular complexity index is 662. The molecule has 4 nitrogen and oxygen atoms in total. The summed E-state index contributed by atoms with van der Waals surface area (Å²) in [6.07, 6.45) is 0.733. The van der Waals surface area contributed by atoms with Crippen LogP contribution in [0, 0.1) is 6.92 Å². The SMILES string of the molecule is CCOC(=O)CCc1cccc(C(=O)c2ccc(C)cc2)n1. The Hall–Kier alpha value is -2.49. The summed E-state index contributed by atoms with van der Waals surface area (Å²) < 4.78 is 4.89. The summed E-state index contributed by atoms with van der Waals surface area (Å²) >= 11 is 0. The van der Waals surface area contributed by atoms with Crippen molar-refractivity contribution in [2.24, 2.45) is 0 Å². The fraction of sp³-hybridized carbons (Fsp3) is 0.278. The molecule has 0 radical (unpaired) electrons. The minimum absolute atomic E-state index is 0.113. The monoisotopic (exact) mass is 297 g/mol. The van der Waals surface area contributed by atoms with Crippen LogP contribution >= 0.6 is 0 Å². The molecule has 0 amide bonds. The van der Waals surface area contributed by atoms with Gasteiger partial charge in [-0.3, -0.25) is 9.59 Å². The molecule has 0 aliphatic heterocycles. The zero-order valence-corrected chi connectivity index (χ0v) is 12.8. The van der Waals surface area contributed by atoms with E-state index in [1.807, 2.05) is 25.1 Å². The van der Waals surface area contributed by atoms with E-state index in [0.29, 0.717) is 30.0 Å². The third-order valence-electron chi connectivity index (χ3n) is 3.24. The zero-order chi connectivity index (χ0) is 15.9. The Labute approximate surface area is 130 Å². The van der Waals surface area contributed by atoms with E-state index in [-0.39, 0.29) is 18.2 Å². The van der Waals surface area contributed by atoms with Crippen LogP contribution in [0.3, 0.4) is 0 Å². The van der Waals surface area contributed by atoms with Gasteiger partial charge in [-0.1, -0.05) is 35.9 Å². The standard InChI is InChI=1S/C18H19NO3/c1-3-22-17(20)12-11-15-5-4-6-16(19-15)18(21)14-9-7-13(2)8-10-14/h4-10H,3,11-12H2,1-2H3. The molecule has 2 aromatic rings. The third-order valence-corrected chi connectivity index (χ3v) is 3.24. The predicted molar refractivity (Wildman–Crippen MR) is 83.8 cm³/mol. The summed E-state index contributed by atoms with van der Waals surface area (Å²) in [5.41, 5.74) is 2.82. The minimum atomic E-state index is -0.250. The van der Waals surface area contributed by atoms with Crippen LogP contribution in [0.2, 0.25) is 0 Å². The molecule has 1 heterocycles. The van der Waals surface area contributed by atoms with Crippen molar-refractivity contribution in [2.75, 3.05) is 6.61 Å². The highest BCUT2D eigenvalue weighted by atomic mass is 16.5. The van der Waals surface area contributed by atoms with Gasteiger partial charge < -0.3 is 4.74 Å². The van der Waals surface area contributed by atoms with Gasteiger partial charge in [-0.2, -0.15) is 0 Å². The van der Waals surface area contributed by atoms with Crippen LogP contribution in [0.15, 0.2) is 42.5 Å². The van der Waals surface area contributed by atoms with Crippen LogP contribution in [0.1, 0.15) is 40.7 Å². The maximum atomic E-state index is 12.4. The average Bonchev–Trinajstić information content (AvgIpc) is 2.53. The number of hydrogen-bond donors (Lipinski definition) is 0. The van der Waals surface area contributed by atoms with Gasteiger partial charge in [0.1, 0.15) is 5.69 Å². The van der Waals surface area contributed by atoms with Crippen molar-refractivity contribution in [2.45, 2.75) is 26.7 Å². The molecule has 0 aliphatic carbocycles. The molecule has 0 bridgehead atoms. The number of ketones is 1. The summed E-state index contributed by atoms with van der Waals surface area (Å²) in [6.45, 7) is 4.12. The van der Waals surface area contributed by atoms with Crippen LogP contribution in [0.25, 0.3) is 0 Å². The summed E-state index contributed by atoms with van der Waals surface area (Å²) in [6, 6.07) is 12.7. The fourth-order valence-corrected chi connectivity index (χ4v) is 2.06. The van der Waals surface area contributed by atoms with Crippen LogP contribution in [-0.4, -0.2) is 23.3 Å². The second-order valence-electron chi connectivity index (χ2n) is 5.01. The first-order chi connectivity index (χ1) is 10.6. The molecule has 0 saturated heterocycles. The molecule has 0 saturated carbocycles. The van der Waals surface area contributed by atoms with Crippen LogP contribution in [-0.2, 0) is 16.0 Å². The van der Waals surface area contributed by atoms with Gasteiger partial charge in [0.25, 0.3) is 0 Å². The predicted octanol–water partition coefficient (Wildman–Crippen LogP) is 3.12. The van der Waals surface area contributed by atoms with E-state index in [0.717, 1.165) is 5.56 Å². The Balaban J connectivity index is 2.09. The van der Waals surface area contributed by atoms with Crippen LogP contribution < -0.4 is 0 Å². The molecular formula is C18H19NO3. The van der Waals surface area contributed by atoms with E-state index in [1.54, 1.807) is 31.2 Å². The number of carbonyl (C=O) groups is 2. The molecule has 4 heteroatoms. The van der Waals surface area contributed by atoms with E-state index >= 15 is 0 Å². The molecule has 114 valence electrons. The van der Waals surface area contributed by atoms with Crippen molar-refractivity contribution in [3.05, 3.63) is 65.0 Å². The smallest absolute Gasteiger partial charge is 0.306 e. The molecule has 0 spiro atoms. The second kappa shape index (κ2) is 7.50. The molecule has 0 N–H and O–H groups in total. The van der Waals surface area contributed by atoms with E-state index in [9.17, 15) is 9.59 Å². The van der Waals surface area contributed by atoms with Crippen molar-refractivity contribution in [3.63, 3.8) is 0 Å². The number of benzene rings is 1. The van der Waals surface area contributed by atoms with Crippen LogP contribution in [0.4, 0.5) is 0 Å². The highest BCUT2D eigenvalue weighted by Gasteiger charge is 2.11. The summed E-state index contributed by atoms with van der Waals surface area (Å²) in [7, 11) is 0. The Kier molecular flexibility index (Phi) is 5.42. The molecule has 22 heavy (non-hydrogen) atoms. The van der Waals surface area contributed by atoms with Gasteiger partial charge in [0.05, 0.1) is 13.0 Å². The van der Waals surface area contributed by atoms with Gasteiger partial charge in [0.2, 0.25) is 5.78 Å². The Morgan fingerprint density at radius 1 is 1.09 bits per heavy atom. The normalized spacial score (nSPS) is 10.3. The van der Waals surface area contributed by atoms with Crippen molar-refractivity contribution >= 4 is 11.8 Å². The maximum Gasteiger partial charge on any atom is 0.306 e. The average molecular weight is 297 g/mol. The van der Waals surface area contributed by atoms with Crippen LogP contribution in [0.5, 0.6) is 0 Å². The van der Waals surface area contributed by atoms with Gasteiger partial charge in [-0.05, 0) is 26.0 Å². The zero-order valence-electron chi connectivity index (χ0n) is 12.8. The number of nitrogens with zero attached hydrogens (tertiary/aromatic N) is 1. The van der Waals surface area contributed by atoms with Gasteiger partial charge in [-0.15, -0.1) is 0 Å². The van der Waals surface area contributed by atoms with E-state index in [2.05, 4.69) is 4.98 Å². The summed E-state index contributed by atoms with van der Waals surface area (Å²) in [5, 5.41) is 0. The largest absolute Gasteiger partial charge is 0.466 e. The molecule has 2 rings (SSSR count). The van der Waals surface area contributed by atoms with Gasteiger partial charge >= 0.3 is 5.97 Å². The number of pyridine rings is 1. The Morgan fingerprint density at radius 3 is 2.50 bits per heavy atom. The molecule has 0 unspecified atom stereocenters. The van der Waals surface area contributed by atoms with Gasteiger partial charge in [0, 0.05) is 17.7 Å². The molecule has 0 atom stereocenters. The van der Waals surface area contributed by atoms with E-state index in [4.69, 9.17) is 4.74 Å². The van der Waals surface area contributed by atoms with Crippen molar-refractivity contribution in [1.29, 1.82) is 0 Å². The quantitative estimate of drug-likeness (QED) is 0.607. The fourth-order valence-electron chi connectivity index (χ4n) is 2.06. The maximum absolute atomic E-state index is 12.4. The van der Waals surface area contributed by atoms with Crippen molar-refractivity contribution in [1.82, 2.24) is 4.98 Å². The first kappa shape index (κ1) is 15.9. The summed E-state index contributed by atoms with van der Waals surface area (Å²) in [5.74, 6) is -0.363. The van der Waals surface area contributed by atoms with E-state index < -0.39 is 0 Å². The van der Waals surface area contributed by atoms with E-state index in [1.165, 1.54) is 0 Å². The number of hydrogen-bond acceptors (Lipinski definition) is 4. The number of rotatable bonds is 6. The molecule has 0 fully saturated rings. The second-order valence-corrected chi connectivity index (χ2v) is 5.01. The molecular weight excluding hydrogens is 278 g/mol. The molecule has 1 aromatic carbocycles. The van der Waals surface area contributed by atoms with Gasteiger partial charge in [0.15, 0.2) is 0 Å². The lowest BCUT2D eigenvalue weighted by Crippen LogP contribution is -2.08. The highest BCUT2D eigenvalue weighted by molar-refractivity contribution is 6.07. The lowest BCUT2D eigenvalue weighted by atomic mass is 10.1. The lowest BCUT2D eigenvalue weighted by Gasteiger charge is -2.05. The highest BCUT2D eigenvalue weighted by Crippen LogP contribution is 2.11. The van der Waals surface area contributed by atoms with Crippen molar-refractivity contribution in [3.8, 4) is 0 Å². The topological polar surface area (TPSA) is 56.3 Å². The Morgan fingerprint density at radius 2 is 1.82 bits per heavy atom. The third kappa shape index (κ3) is 4.25. The van der Waals surface area contributed by atoms with Crippen molar-refractivity contribution < 1.29 is 14.3 Å². The number of aromatic nitrogens is 1. The number of ether oxygens (including phenoxy) is 1. The first-order valence-electron chi connectivity index (χ1n) is 7.33. The van der Waals surface area contributed by atoms with Gasteiger partial charge in [-0.25, -0.2) is 4.98 Å². The number of carbonyl (C=O) groups excluding carboxylic acids is 2. The first-order valence-corrected chi connectivity index (χ1v) is 7.33. The summed E-state index contributed by atoms with van der Waals surface area (Å²) in [4.78, 5) is 28.1.